The maximum atomic E-state index is 12.7. The molecule has 5 nitrogen and oxygen atoms in total. The van der Waals surface area contributed by atoms with Gasteiger partial charge in [0.1, 0.15) is 10.7 Å². The summed E-state index contributed by atoms with van der Waals surface area (Å²) in [7, 11) is 0. The SMILES string of the molecule is CCOC(=O)c1nc(-c2n[nH]c(C(F)(F)F)c2Cl)ccc1Cl. The molecule has 1 N–H and O–H groups in total. The van der Waals surface area contributed by atoms with Crippen molar-refractivity contribution >= 4 is 29.2 Å². The Kier molecular flexibility index (Phi) is 4.62. The standard InChI is InChI=1S/C12H8Cl2F3N3O2/c1-2-22-11(21)8-5(13)3-4-6(18-8)9-7(14)10(20-19-9)12(15,16)17/h3-4H,2H2,1H3,(H,19,20). The highest BCUT2D eigenvalue weighted by Gasteiger charge is 2.37. The van der Waals surface area contributed by atoms with Crippen LogP contribution in [0.3, 0.4) is 0 Å². The summed E-state index contributed by atoms with van der Waals surface area (Å²) in [5.41, 5.74) is -1.70. The Hall–Kier alpha value is -1.80. The third-order valence-electron chi connectivity index (χ3n) is 2.55. The van der Waals surface area contributed by atoms with Gasteiger partial charge in [-0.15, -0.1) is 0 Å². The number of H-pyrrole nitrogens is 1. The highest BCUT2D eigenvalue weighted by Crippen LogP contribution is 2.37. The van der Waals surface area contributed by atoms with Crippen molar-refractivity contribution in [2.45, 2.75) is 13.1 Å². The van der Waals surface area contributed by atoms with Crippen LogP contribution in [0, 0.1) is 0 Å². The molecule has 0 fully saturated rings. The number of nitrogens with one attached hydrogen (secondary N) is 1. The maximum Gasteiger partial charge on any atom is 0.434 e. The minimum atomic E-state index is -4.68. The summed E-state index contributed by atoms with van der Waals surface area (Å²) in [5.74, 6) is -0.794. The van der Waals surface area contributed by atoms with Gasteiger partial charge in [-0.05, 0) is 19.1 Å². The van der Waals surface area contributed by atoms with E-state index >= 15 is 0 Å². The summed E-state index contributed by atoms with van der Waals surface area (Å²) in [6.07, 6.45) is -4.68. The second-order valence-corrected chi connectivity index (χ2v) is 4.79. The van der Waals surface area contributed by atoms with Crippen LogP contribution in [0.5, 0.6) is 0 Å². The van der Waals surface area contributed by atoms with Crippen molar-refractivity contribution in [3.05, 3.63) is 33.6 Å². The number of aromatic amines is 1. The Bertz CT molecular complexity index is 716. The van der Waals surface area contributed by atoms with E-state index < -0.39 is 22.9 Å². The zero-order valence-corrected chi connectivity index (χ0v) is 12.5. The van der Waals surface area contributed by atoms with Gasteiger partial charge in [-0.2, -0.15) is 18.3 Å². The first-order valence-corrected chi connectivity index (χ1v) is 6.66. The van der Waals surface area contributed by atoms with E-state index in [1.165, 1.54) is 12.1 Å². The van der Waals surface area contributed by atoms with Crippen molar-refractivity contribution in [3.8, 4) is 11.4 Å². The molecule has 0 aliphatic carbocycles. The molecule has 22 heavy (non-hydrogen) atoms. The largest absolute Gasteiger partial charge is 0.461 e. The van der Waals surface area contributed by atoms with Gasteiger partial charge in [0.25, 0.3) is 0 Å². The summed E-state index contributed by atoms with van der Waals surface area (Å²) >= 11 is 11.5. The van der Waals surface area contributed by atoms with E-state index in [1.54, 1.807) is 12.0 Å². The first kappa shape index (κ1) is 16.6. The molecule has 0 atom stereocenters. The molecule has 0 aromatic carbocycles. The quantitative estimate of drug-likeness (QED) is 0.847. The van der Waals surface area contributed by atoms with Crippen molar-refractivity contribution < 1.29 is 22.7 Å². The average Bonchev–Trinajstić information content (AvgIpc) is 2.81. The average molecular weight is 354 g/mol. The van der Waals surface area contributed by atoms with Crippen LogP contribution >= 0.6 is 23.2 Å². The molecule has 118 valence electrons. The smallest absolute Gasteiger partial charge is 0.434 e. The molecule has 10 heteroatoms. The molecule has 0 bridgehead atoms. The predicted octanol–water partition coefficient (Wildman–Crippen LogP) is 3.97. The van der Waals surface area contributed by atoms with Crippen molar-refractivity contribution in [2.75, 3.05) is 6.61 Å². The number of hydrogen-bond donors (Lipinski definition) is 1. The second-order valence-electron chi connectivity index (χ2n) is 4.01. The fourth-order valence-corrected chi connectivity index (χ4v) is 2.07. The van der Waals surface area contributed by atoms with E-state index in [0.29, 0.717) is 0 Å². The Labute approximate surface area is 132 Å². The number of nitrogens with zero attached hydrogens (tertiary/aromatic N) is 2. The van der Waals surface area contributed by atoms with Gasteiger partial charge in [0.15, 0.2) is 11.4 Å². The fourth-order valence-electron chi connectivity index (χ4n) is 1.60. The van der Waals surface area contributed by atoms with E-state index in [1.807, 2.05) is 0 Å². The number of pyridine rings is 1. The Morgan fingerprint density at radius 1 is 1.36 bits per heavy atom. The molecule has 0 spiro atoms. The number of aromatic nitrogens is 3. The first-order chi connectivity index (χ1) is 10.3. The molecule has 0 aliphatic rings. The molecule has 2 aromatic rings. The Balaban J connectivity index is 2.49. The summed E-state index contributed by atoms with van der Waals surface area (Å²) in [6.45, 7) is 1.69. The van der Waals surface area contributed by atoms with Gasteiger partial charge < -0.3 is 4.74 Å². The highest BCUT2D eigenvalue weighted by molar-refractivity contribution is 6.34. The third-order valence-corrected chi connectivity index (χ3v) is 3.22. The second kappa shape index (κ2) is 6.13. The van der Waals surface area contributed by atoms with E-state index in [-0.39, 0.29) is 28.7 Å². The maximum absolute atomic E-state index is 12.7. The number of esters is 1. The number of rotatable bonds is 3. The van der Waals surface area contributed by atoms with Crippen LogP contribution in [-0.4, -0.2) is 27.8 Å². The summed E-state index contributed by atoms with van der Waals surface area (Å²) in [6, 6.07) is 2.60. The third kappa shape index (κ3) is 3.17. The fraction of sp³-hybridized carbons (Fsp3) is 0.250. The van der Waals surface area contributed by atoms with Gasteiger partial charge in [-0.1, -0.05) is 23.2 Å². The van der Waals surface area contributed by atoms with Crippen LogP contribution in [0.4, 0.5) is 13.2 Å². The van der Waals surface area contributed by atoms with Crippen LogP contribution < -0.4 is 0 Å². The predicted molar refractivity (Wildman–Crippen MR) is 72.8 cm³/mol. The van der Waals surface area contributed by atoms with Crippen molar-refractivity contribution in [2.24, 2.45) is 0 Å². The number of carbonyl (C=O) groups is 1. The number of carbonyl (C=O) groups excluding carboxylic acids is 1. The number of hydrogen-bond acceptors (Lipinski definition) is 4. The molecule has 0 amide bonds. The van der Waals surface area contributed by atoms with Crippen LogP contribution in [0.25, 0.3) is 11.4 Å². The van der Waals surface area contributed by atoms with Crippen molar-refractivity contribution in [1.82, 2.24) is 15.2 Å². The number of ether oxygens (including phenoxy) is 1. The van der Waals surface area contributed by atoms with Crippen molar-refractivity contribution in [3.63, 3.8) is 0 Å². The monoisotopic (exact) mass is 353 g/mol. The van der Waals surface area contributed by atoms with E-state index in [2.05, 4.69) is 10.1 Å². The lowest BCUT2D eigenvalue weighted by atomic mass is 10.2. The van der Waals surface area contributed by atoms with E-state index in [4.69, 9.17) is 27.9 Å². The van der Waals surface area contributed by atoms with Gasteiger partial charge in [0.2, 0.25) is 0 Å². The lowest BCUT2D eigenvalue weighted by Gasteiger charge is -2.06. The molecule has 0 aliphatic heterocycles. The van der Waals surface area contributed by atoms with E-state index in [0.717, 1.165) is 0 Å². The summed E-state index contributed by atoms with van der Waals surface area (Å²) < 4.78 is 42.8. The molecule has 2 heterocycles. The lowest BCUT2D eigenvalue weighted by molar-refractivity contribution is -0.141. The summed E-state index contributed by atoms with van der Waals surface area (Å²) in [5, 5.41) is 4.66. The van der Waals surface area contributed by atoms with Crippen LogP contribution in [0.15, 0.2) is 12.1 Å². The normalized spacial score (nSPS) is 11.5. The van der Waals surface area contributed by atoms with Crippen molar-refractivity contribution in [1.29, 1.82) is 0 Å². The van der Waals surface area contributed by atoms with Crippen LogP contribution in [0.2, 0.25) is 10.0 Å². The zero-order chi connectivity index (χ0) is 16.5. The van der Waals surface area contributed by atoms with Gasteiger partial charge >= 0.3 is 12.1 Å². The topological polar surface area (TPSA) is 67.9 Å². The molecule has 0 unspecified atom stereocenters. The number of halogens is 5. The van der Waals surface area contributed by atoms with Gasteiger partial charge in [0.05, 0.1) is 17.3 Å². The summed E-state index contributed by atoms with van der Waals surface area (Å²) in [4.78, 5) is 15.6. The Morgan fingerprint density at radius 2 is 2.05 bits per heavy atom. The first-order valence-electron chi connectivity index (χ1n) is 5.90. The highest BCUT2D eigenvalue weighted by atomic mass is 35.5. The van der Waals surface area contributed by atoms with Gasteiger partial charge in [-0.3, -0.25) is 5.10 Å². The minimum absolute atomic E-state index is 0.00454. The molecule has 2 aromatic heterocycles. The van der Waals surface area contributed by atoms with E-state index in [9.17, 15) is 18.0 Å². The van der Waals surface area contributed by atoms with Gasteiger partial charge in [0, 0.05) is 0 Å². The molecule has 2 rings (SSSR count). The van der Waals surface area contributed by atoms with Gasteiger partial charge in [-0.25, -0.2) is 9.78 Å². The van der Waals surface area contributed by atoms with Crippen LogP contribution in [-0.2, 0) is 10.9 Å². The molecular weight excluding hydrogens is 346 g/mol. The zero-order valence-electron chi connectivity index (χ0n) is 11.0. The molecule has 0 saturated heterocycles. The molecular formula is C12H8Cl2F3N3O2. The van der Waals surface area contributed by atoms with Crippen LogP contribution in [0.1, 0.15) is 23.1 Å². The lowest BCUT2D eigenvalue weighted by Crippen LogP contribution is -2.08. The molecule has 0 saturated carbocycles. The minimum Gasteiger partial charge on any atom is -0.461 e. The Morgan fingerprint density at radius 3 is 2.59 bits per heavy atom. The molecule has 0 radical (unpaired) electrons. The number of alkyl halides is 3.